The van der Waals surface area contributed by atoms with Gasteiger partial charge in [0.15, 0.2) is 0 Å². The minimum Gasteiger partial charge on any atom is -0.383 e. The molecule has 1 aliphatic rings. The third kappa shape index (κ3) is 4.21. The zero-order valence-electron chi connectivity index (χ0n) is 16.1. The minimum absolute atomic E-state index is 0.193. The van der Waals surface area contributed by atoms with Crippen molar-refractivity contribution in [3.8, 4) is 0 Å². The van der Waals surface area contributed by atoms with E-state index in [1.807, 2.05) is 42.7 Å². The van der Waals surface area contributed by atoms with Crippen LogP contribution in [-0.2, 0) is 16.1 Å². The first-order chi connectivity index (χ1) is 13.0. The lowest BCUT2D eigenvalue weighted by Crippen LogP contribution is -2.52. The van der Waals surface area contributed by atoms with Crippen molar-refractivity contribution < 1.29 is 14.3 Å². The molecule has 0 bridgehead atoms. The van der Waals surface area contributed by atoms with Crippen molar-refractivity contribution in [2.45, 2.75) is 32.9 Å². The van der Waals surface area contributed by atoms with Crippen LogP contribution in [0.2, 0.25) is 0 Å². The number of amides is 3. The highest BCUT2D eigenvalue weighted by Gasteiger charge is 2.31. The second-order valence-corrected chi connectivity index (χ2v) is 7.12. The standard InChI is InChI=1S/C19H27N5O3/c1-13(2)12-15(17(25)20-8-11-27-3)22-19(26)24-10-9-23-16-7-5-4-6-14(16)21-18(23)24/h4-7,13,15H,8-12H2,1-3H3,(H,20,25)(H,22,26)/t15-/m1/s1. The minimum atomic E-state index is -0.590. The van der Waals surface area contributed by atoms with Gasteiger partial charge in [0.1, 0.15) is 6.04 Å². The summed E-state index contributed by atoms with van der Waals surface area (Å²) < 4.78 is 6.99. The molecule has 146 valence electrons. The Morgan fingerprint density at radius 3 is 2.78 bits per heavy atom. The van der Waals surface area contributed by atoms with Crippen LogP contribution in [0, 0.1) is 5.92 Å². The van der Waals surface area contributed by atoms with Crippen molar-refractivity contribution in [2.24, 2.45) is 5.92 Å². The van der Waals surface area contributed by atoms with Crippen LogP contribution in [0.3, 0.4) is 0 Å². The second kappa shape index (κ2) is 8.39. The molecule has 0 saturated carbocycles. The predicted molar refractivity (Wildman–Crippen MR) is 104 cm³/mol. The van der Waals surface area contributed by atoms with Gasteiger partial charge in [0.2, 0.25) is 11.9 Å². The van der Waals surface area contributed by atoms with Gasteiger partial charge in [-0.1, -0.05) is 26.0 Å². The predicted octanol–water partition coefficient (Wildman–Crippen LogP) is 1.74. The summed E-state index contributed by atoms with van der Waals surface area (Å²) in [5, 5.41) is 5.69. The molecule has 2 heterocycles. The number of para-hydroxylation sites is 2. The van der Waals surface area contributed by atoms with Crippen molar-refractivity contribution in [1.29, 1.82) is 0 Å². The smallest absolute Gasteiger partial charge is 0.324 e. The van der Waals surface area contributed by atoms with Gasteiger partial charge in [-0.05, 0) is 24.5 Å². The van der Waals surface area contributed by atoms with Gasteiger partial charge < -0.3 is 19.9 Å². The van der Waals surface area contributed by atoms with Gasteiger partial charge in [-0.2, -0.15) is 0 Å². The van der Waals surface area contributed by atoms with E-state index in [0.29, 0.717) is 38.6 Å². The summed E-state index contributed by atoms with van der Waals surface area (Å²) in [6.07, 6.45) is 0.564. The van der Waals surface area contributed by atoms with Crippen molar-refractivity contribution in [1.82, 2.24) is 20.2 Å². The number of carbonyl (C=O) groups is 2. The molecule has 8 nitrogen and oxygen atoms in total. The first kappa shape index (κ1) is 19.2. The summed E-state index contributed by atoms with van der Waals surface area (Å²) in [4.78, 5) is 31.5. The van der Waals surface area contributed by atoms with E-state index in [-0.39, 0.29) is 17.9 Å². The third-order valence-electron chi connectivity index (χ3n) is 4.59. The number of rotatable bonds is 7. The molecule has 0 aliphatic carbocycles. The number of anilines is 1. The zero-order chi connectivity index (χ0) is 19.4. The zero-order valence-corrected chi connectivity index (χ0v) is 16.1. The Labute approximate surface area is 158 Å². The van der Waals surface area contributed by atoms with E-state index < -0.39 is 6.04 Å². The molecule has 1 aliphatic heterocycles. The molecule has 0 fully saturated rings. The molecular formula is C19H27N5O3. The number of fused-ring (bicyclic) bond motifs is 3. The molecule has 1 aromatic carbocycles. The van der Waals surface area contributed by atoms with Crippen molar-refractivity contribution in [2.75, 3.05) is 31.7 Å². The molecule has 2 N–H and O–H groups in total. The summed E-state index contributed by atoms with van der Waals surface area (Å²) in [6.45, 7) is 6.13. The van der Waals surface area contributed by atoms with Crippen LogP contribution in [0.4, 0.5) is 10.7 Å². The van der Waals surface area contributed by atoms with Crippen LogP contribution < -0.4 is 15.5 Å². The first-order valence-electron chi connectivity index (χ1n) is 9.31. The third-order valence-corrected chi connectivity index (χ3v) is 4.59. The van der Waals surface area contributed by atoms with E-state index in [1.54, 1.807) is 12.0 Å². The van der Waals surface area contributed by atoms with Gasteiger partial charge in [0, 0.05) is 26.7 Å². The number of aromatic nitrogens is 2. The van der Waals surface area contributed by atoms with Crippen molar-refractivity contribution >= 4 is 28.9 Å². The fourth-order valence-electron chi connectivity index (χ4n) is 3.31. The molecule has 1 aromatic heterocycles. The number of carbonyl (C=O) groups excluding carboxylic acids is 2. The van der Waals surface area contributed by atoms with Gasteiger partial charge in [0.25, 0.3) is 0 Å². The highest BCUT2D eigenvalue weighted by molar-refractivity contribution is 5.96. The molecule has 0 saturated heterocycles. The summed E-state index contributed by atoms with van der Waals surface area (Å²) >= 11 is 0. The number of imidazole rings is 1. The Kier molecular flexibility index (Phi) is 5.95. The maximum atomic E-state index is 12.9. The summed E-state index contributed by atoms with van der Waals surface area (Å²) in [6, 6.07) is 6.94. The van der Waals surface area contributed by atoms with E-state index in [2.05, 4.69) is 15.6 Å². The van der Waals surface area contributed by atoms with Crippen LogP contribution in [0.15, 0.2) is 24.3 Å². The number of methoxy groups -OCH3 is 1. The SMILES string of the molecule is COCCNC(=O)[C@@H](CC(C)C)NC(=O)N1CCn2c1nc1ccccc12. The van der Waals surface area contributed by atoms with Crippen molar-refractivity contribution in [3.05, 3.63) is 24.3 Å². The molecular weight excluding hydrogens is 346 g/mol. The Morgan fingerprint density at radius 2 is 2.04 bits per heavy atom. The highest BCUT2D eigenvalue weighted by Crippen LogP contribution is 2.27. The number of benzene rings is 1. The normalized spacial score (nSPS) is 14.4. The summed E-state index contributed by atoms with van der Waals surface area (Å²) in [7, 11) is 1.58. The lowest BCUT2D eigenvalue weighted by Gasteiger charge is -2.23. The Hall–Kier alpha value is -2.61. The number of hydrogen-bond donors (Lipinski definition) is 2. The number of nitrogens with one attached hydrogen (secondary N) is 2. The van der Waals surface area contributed by atoms with E-state index >= 15 is 0 Å². The van der Waals surface area contributed by atoms with Gasteiger partial charge in [-0.25, -0.2) is 9.78 Å². The second-order valence-electron chi connectivity index (χ2n) is 7.12. The van der Waals surface area contributed by atoms with Crippen LogP contribution >= 0.6 is 0 Å². The quantitative estimate of drug-likeness (QED) is 0.724. The molecule has 0 radical (unpaired) electrons. The fraction of sp³-hybridized carbons (Fsp3) is 0.526. The van der Waals surface area contributed by atoms with E-state index in [0.717, 1.165) is 11.0 Å². The summed E-state index contributed by atoms with van der Waals surface area (Å²) in [5.74, 6) is 0.699. The molecule has 3 rings (SSSR count). The maximum Gasteiger partial charge on any atom is 0.324 e. The largest absolute Gasteiger partial charge is 0.383 e. The van der Waals surface area contributed by atoms with Crippen LogP contribution in [-0.4, -0.2) is 54.3 Å². The maximum absolute atomic E-state index is 12.9. The van der Waals surface area contributed by atoms with E-state index in [9.17, 15) is 9.59 Å². The molecule has 3 amide bonds. The number of hydrogen-bond acceptors (Lipinski definition) is 4. The molecule has 0 spiro atoms. The van der Waals surface area contributed by atoms with Crippen LogP contribution in [0.25, 0.3) is 11.0 Å². The average molecular weight is 373 g/mol. The monoisotopic (exact) mass is 373 g/mol. The first-order valence-corrected chi connectivity index (χ1v) is 9.31. The molecule has 8 heteroatoms. The lowest BCUT2D eigenvalue weighted by atomic mass is 10.0. The Morgan fingerprint density at radius 1 is 1.26 bits per heavy atom. The highest BCUT2D eigenvalue weighted by atomic mass is 16.5. The van der Waals surface area contributed by atoms with Gasteiger partial charge >= 0.3 is 6.03 Å². The molecule has 2 aromatic rings. The fourth-order valence-corrected chi connectivity index (χ4v) is 3.31. The number of ether oxygens (including phenoxy) is 1. The Balaban J connectivity index is 1.72. The molecule has 1 atom stereocenters. The lowest BCUT2D eigenvalue weighted by molar-refractivity contribution is -0.123. The molecule has 27 heavy (non-hydrogen) atoms. The van der Waals surface area contributed by atoms with Gasteiger partial charge in [-0.15, -0.1) is 0 Å². The van der Waals surface area contributed by atoms with Gasteiger partial charge in [-0.3, -0.25) is 9.69 Å². The molecule has 0 unspecified atom stereocenters. The van der Waals surface area contributed by atoms with Gasteiger partial charge in [0.05, 0.1) is 17.6 Å². The number of nitrogens with zero attached hydrogens (tertiary/aromatic N) is 3. The van der Waals surface area contributed by atoms with Crippen molar-refractivity contribution in [3.63, 3.8) is 0 Å². The summed E-state index contributed by atoms with van der Waals surface area (Å²) in [5.41, 5.74) is 1.87. The Bertz CT molecular complexity index is 817. The topological polar surface area (TPSA) is 88.5 Å². The van der Waals surface area contributed by atoms with E-state index in [4.69, 9.17) is 4.74 Å². The van der Waals surface area contributed by atoms with Crippen LogP contribution in [0.5, 0.6) is 0 Å². The van der Waals surface area contributed by atoms with E-state index in [1.165, 1.54) is 0 Å². The number of urea groups is 1. The van der Waals surface area contributed by atoms with Crippen LogP contribution in [0.1, 0.15) is 20.3 Å². The average Bonchev–Trinajstić information content (AvgIpc) is 3.19.